The van der Waals surface area contributed by atoms with Crippen LogP contribution in [0.4, 0.5) is 0 Å². The van der Waals surface area contributed by atoms with Gasteiger partial charge in [-0.15, -0.1) is 0 Å². The van der Waals surface area contributed by atoms with Crippen molar-refractivity contribution in [2.24, 2.45) is 5.73 Å². The molecule has 0 bridgehead atoms. The van der Waals surface area contributed by atoms with Gasteiger partial charge in [-0.2, -0.15) is 0 Å². The lowest BCUT2D eigenvalue weighted by molar-refractivity contribution is -0.150. The van der Waals surface area contributed by atoms with Gasteiger partial charge in [0.1, 0.15) is 0 Å². The number of carboxylic acid groups (broad SMARTS) is 1. The molecule has 1 fully saturated rings. The molecule has 11 heavy (non-hydrogen) atoms. The van der Waals surface area contributed by atoms with E-state index < -0.39 is 18.2 Å². The number of ether oxygens (including phenoxy) is 1. The summed E-state index contributed by atoms with van der Waals surface area (Å²) in [5.41, 5.74) is 5.47. The predicted molar refractivity (Wildman–Crippen MR) is 36.0 cm³/mol. The monoisotopic (exact) mass is 161 g/mol. The molecule has 3 atom stereocenters. The lowest BCUT2D eigenvalue weighted by Gasteiger charge is -2.09. The van der Waals surface area contributed by atoms with Crippen LogP contribution in [0.2, 0.25) is 0 Å². The van der Waals surface area contributed by atoms with E-state index in [1.54, 1.807) is 0 Å². The van der Waals surface area contributed by atoms with E-state index in [1.807, 2.05) is 0 Å². The minimum absolute atomic E-state index is 0.217. The van der Waals surface area contributed by atoms with Crippen molar-refractivity contribution in [1.29, 1.82) is 0 Å². The molecule has 1 aliphatic heterocycles. The number of aliphatic carboxylic acids is 1. The van der Waals surface area contributed by atoms with E-state index >= 15 is 0 Å². The molecule has 0 aromatic carbocycles. The van der Waals surface area contributed by atoms with Crippen molar-refractivity contribution in [2.75, 3.05) is 6.61 Å². The fourth-order valence-electron chi connectivity index (χ4n) is 1.10. The zero-order valence-corrected chi connectivity index (χ0v) is 5.93. The maximum absolute atomic E-state index is 10.3. The molecule has 0 saturated carbocycles. The van der Waals surface area contributed by atoms with Crippen LogP contribution in [0.3, 0.4) is 0 Å². The zero-order chi connectivity index (χ0) is 8.43. The number of nitrogens with two attached hydrogens (primary N) is 1. The first kappa shape index (κ1) is 8.45. The van der Waals surface area contributed by atoms with Gasteiger partial charge in [0.2, 0.25) is 0 Å². The Kier molecular flexibility index (Phi) is 2.43. The van der Waals surface area contributed by atoms with Crippen molar-refractivity contribution < 1.29 is 19.7 Å². The van der Waals surface area contributed by atoms with E-state index in [4.69, 9.17) is 20.7 Å². The number of rotatable bonds is 2. The average Bonchev–Trinajstić information content (AvgIpc) is 2.31. The highest BCUT2D eigenvalue weighted by atomic mass is 16.5. The Balaban J connectivity index is 2.49. The van der Waals surface area contributed by atoms with Crippen LogP contribution >= 0.6 is 0 Å². The number of hydrogen-bond donors (Lipinski definition) is 3. The summed E-state index contributed by atoms with van der Waals surface area (Å²) >= 11 is 0. The molecule has 0 aromatic rings. The Morgan fingerprint density at radius 3 is 2.64 bits per heavy atom. The molecule has 0 aromatic heterocycles. The lowest BCUT2D eigenvalue weighted by atomic mass is 10.1. The summed E-state index contributed by atoms with van der Waals surface area (Å²) in [6.07, 6.45) is -1.08. The zero-order valence-electron chi connectivity index (χ0n) is 5.93. The standard InChI is InChI=1S/C6H11NO4/c7-3-1-4(6(9)10)11-5(3)2-8/h3-5,8H,1-2,7H2,(H,9,10). The molecule has 1 aliphatic rings. The van der Waals surface area contributed by atoms with Crippen LogP contribution in [-0.2, 0) is 9.53 Å². The van der Waals surface area contributed by atoms with Crippen molar-refractivity contribution in [3.05, 3.63) is 0 Å². The number of aliphatic hydroxyl groups is 1. The number of hydrogen-bond acceptors (Lipinski definition) is 4. The first-order valence-corrected chi connectivity index (χ1v) is 3.40. The van der Waals surface area contributed by atoms with Gasteiger partial charge in [0.05, 0.1) is 12.7 Å². The highest BCUT2D eigenvalue weighted by molar-refractivity contribution is 5.72. The van der Waals surface area contributed by atoms with E-state index in [1.165, 1.54) is 0 Å². The molecule has 0 amide bonds. The van der Waals surface area contributed by atoms with Gasteiger partial charge in [0.25, 0.3) is 0 Å². The molecule has 4 N–H and O–H groups in total. The summed E-state index contributed by atoms with van der Waals surface area (Å²) in [7, 11) is 0. The third kappa shape index (κ3) is 1.68. The van der Waals surface area contributed by atoms with E-state index in [2.05, 4.69) is 0 Å². The van der Waals surface area contributed by atoms with Gasteiger partial charge in [0, 0.05) is 12.5 Å². The largest absolute Gasteiger partial charge is 0.479 e. The predicted octanol–water partition coefficient (Wildman–Crippen LogP) is -1.45. The van der Waals surface area contributed by atoms with Gasteiger partial charge in [-0.1, -0.05) is 0 Å². The fourth-order valence-corrected chi connectivity index (χ4v) is 1.10. The Hall–Kier alpha value is -0.650. The number of carbonyl (C=O) groups is 1. The number of aliphatic hydroxyl groups excluding tert-OH is 1. The topological polar surface area (TPSA) is 92.8 Å². The van der Waals surface area contributed by atoms with Crippen LogP contribution in [0.25, 0.3) is 0 Å². The molecule has 1 heterocycles. The van der Waals surface area contributed by atoms with Gasteiger partial charge in [0.15, 0.2) is 6.10 Å². The molecule has 0 spiro atoms. The summed E-state index contributed by atoms with van der Waals surface area (Å²) in [4.78, 5) is 10.3. The summed E-state index contributed by atoms with van der Waals surface area (Å²) < 4.78 is 4.91. The Labute approximate surface area is 63.8 Å². The normalized spacial score (nSPS) is 37.5. The molecule has 0 aliphatic carbocycles. The van der Waals surface area contributed by atoms with Gasteiger partial charge in [-0.3, -0.25) is 0 Å². The quantitative estimate of drug-likeness (QED) is 0.460. The van der Waals surface area contributed by atoms with Gasteiger partial charge < -0.3 is 20.7 Å². The second-order valence-corrected chi connectivity index (χ2v) is 2.58. The van der Waals surface area contributed by atoms with Crippen LogP contribution < -0.4 is 5.73 Å². The molecular weight excluding hydrogens is 150 g/mol. The van der Waals surface area contributed by atoms with Crippen LogP contribution in [0.15, 0.2) is 0 Å². The van der Waals surface area contributed by atoms with E-state index in [0.29, 0.717) is 0 Å². The highest BCUT2D eigenvalue weighted by Gasteiger charge is 2.36. The molecule has 64 valence electrons. The summed E-state index contributed by atoms with van der Waals surface area (Å²) in [5, 5.41) is 17.1. The molecule has 5 heteroatoms. The lowest BCUT2D eigenvalue weighted by Crippen LogP contribution is -2.32. The minimum Gasteiger partial charge on any atom is -0.479 e. The van der Waals surface area contributed by atoms with Crippen molar-refractivity contribution in [1.82, 2.24) is 0 Å². The minimum atomic E-state index is -1.02. The second kappa shape index (κ2) is 3.17. The molecule has 3 unspecified atom stereocenters. The smallest absolute Gasteiger partial charge is 0.332 e. The summed E-state index contributed by atoms with van der Waals surface area (Å²) in [6, 6.07) is -0.360. The Morgan fingerprint density at radius 2 is 2.36 bits per heavy atom. The summed E-state index contributed by atoms with van der Waals surface area (Å²) in [5.74, 6) is -1.02. The highest BCUT2D eigenvalue weighted by Crippen LogP contribution is 2.18. The maximum atomic E-state index is 10.3. The molecule has 1 saturated heterocycles. The molecule has 5 nitrogen and oxygen atoms in total. The van der Waals surface area contributed by atoms with Gasteiger partial charge in [-0.05, 0) is 0 Å². The molecular formula is C6H11NO4. The van der Waals surface area contributed by atoms with E-state index in [-0.39, 0.29) is 19.1 Å². The first-order valence-electron chi connectivity index (χ1n) is 3.40. The third-order valence-electron chi connectivity index (χ3n) is 1.76. The molecule has 1 rings (SSSR count). The van der Waals surface area contributed by atoms with Gasteiger partial charge in [-0.25, -0.2) is 4.79 Å². The number of carboxylic acids is 1. The molecule has 0 radical (unpaired) electrons. The van der Waals surface area contributed by atoms with Crippen LogP contribution in [-0.4, -0.2) is 41.0 Å². The maximum Gasteiger partial charge on any atom is 0.332 e. The third-order valence-corrected chi connectivity index (χ3v) is 1.76. The van der Waals surface area contributed by atoms with Crippen LogP contribution in [0.1, 0.15) is 6.42 Å². The second-order valence-electron chi connectivity index (χ2n) is 2.58. The first-order chi connectivity index (χ1) is 5.15. The SMILES string of the molecule is NC1CC(C(=O)O)OC1CO. The fraction of sp³-hybridized carbons (Fsp3) is 0.833. The van der Waals surface area contributed by atoms with Crippen LogP contribution in [0.5, 0.6) is 0 Å². The summed E-state index contributed by atoms with van der Waals surface area (Å²) in [6.45, 7) is -0.217. The Bertz CT molecular complexity index is 161. The van der Waals surface area contributed by atoms with E-state index in [9.17, 15) is 4.79 Å². The van der Waals surface area contributed by atoms with Crippen LogP contribution in [0, 0.1) is 0 Å². The van der Waals surface area contributed by atoms with E-state index in [0.717, 1.165) is 0 Å². The van der Waals surface area contributed by atoms with Crippen molar-refractivity contribution >= 4 is 5.97 Å². The average molecular weight is 161 g/mol. The van der Waals surface area contributed by atoms with Crippen molar-refractivity contribution in [2.45, 2.75) is 24.7 Å². The van der Waals surface area contributed by atoms with Crippen molar-refractivity contribution in [3.8, 4) is 0 Å². The van der Waals surface area contributed by atoms with Gasteiger partial charge >= 0.3 is 5.97 Å². The Morgan fingerprint density at radius 1 is 1.73 bits per heavy atom. The van der Waals surface area contributed by atoms with Crippen molar-refractivity contribution in [3.63, 3.8) is 0 Å².